The lowest BCUT2D eigenvalue weighted by atomic mass is 10.0. The van der Waals surface area contributed by atoms with Crippen LogP contribution in [-0.2, 0) is 9.47 Å². The molecule has 0 aliphatic heterocycles. The molecule has 120 valence electrons. The molecule has 1 aromatic rings. The zero-order valence-electron chi connectivity index (χ0n) is 12.8. The summed E-state index contributed by atoms with van der Waals surface area (Å²) in [7, 11) is 3.33. The summed E-state index contributed by atoms with van der Waals surface area (Å²) >= 11 is 3.49. The van der Waals surface area contributed by atoms with Gasteiger partial charge in [-0.25, -0.2) is 4.39 Å². The van der Waals surface area contributed by atoms with Crippen molar-refractivity contribution in [3.05, 3.63) is 34.1 Å². The molecule has 0 spiro atoms. The van der Waals surface area contributed by atoms with Crippen LogP contribution in [0.5, 0.6) is 0 Å². The fraction of sp³-hybridized carbons (Fsp3) is 0.600. The highest BCUT2D eigenvalue weighted by Crippen LogP contribution is 2.29. The second kappa shape index (κ2) is 9.48. The van der Waals surface area contributed by atoms with E-state index in [1.165, 1.54) is 12.1 Å². The Morgan fingerprint density at radius 2 is 2.05 bits per heavy atom. The number of rotatable bonds is 9. The van der Waals surface area contributed by atoms with Gasteiger partial charge in [-0.15, -0.1) is 0 Å². The number of nitrogens with two attached hydrogens (primary N) is 1. The number of hydrogen-bond acceptors (Lipinski definition) is 4. The van der Waals surface area contributed by atoms with Crippen molar-refractivity contribution in [3.8, 4) is 0 Å². The Bertz CT molecular complexity index is 434. The van der Waals surface area contributed by atoms with E-state index in [1.54, 1.807) is 20.3 Å². The van der Waals surface area contributed by atoms with Crippen molar-refractivity contribution < 1.29 is 13.9 Å². The first-order chi connectivity index (χ1) is 10.0. The maximum atomic E-state index is 13.6. The minimum absolute atomic E-state index is 0.102. The van der Waals surface area contributed by atoms with Gasteiger partial charge in [0.25, 0.3) is 0 Å². The van der Waals surface area contributed by atoms with E-state index in [0.717, 1.165) is 10.0 Å². The highest BCUT2D eigenvalue weighted by atomic mass is 79.9. The van der Waals surface area contributed by atoms with Crippen LogP contribution in [0.15, 0.2) is 22.7 Å². The average molecular weight is 363 g/mol. The van der Waals surface area contributed by atoms with Crippen molar-refractivity contribution in [2.24, 2.45) is 5.73 Å². The molecule has 1 rings (SSSR count). The SMILES string of the molecule is COCCN(C(C)COC)C(CN)c1cc(F)ccc1Br. The molecule has 0 saturated heterocycles. The molecule has 2 N–H and O–H groups in total. The number of ether oxygens (including phenoxy) is 2. The fourth-order valence-corrected chi connectivity index (χ4v) is 2.94. The van der Waals surface area contributed by atoms with Gasteiger partial charge in [-0.1, -0.05) is 15.9 Å². The van der Waals surface area contributed by atoms with Crippen LogP contribution in [0.1, 0.15) is 18.5 Å². The van der Waals surface area contributed by atoms with Crippen molar-refractivity contribution in [1.82, 2.24) is 4.90 Å². The Morgan fingerprint density at radius 3 is 2.62 bits per heavy atom. The van der Waals surface area contributed by atoms with Crippen molar-refractivity contribution >= 4 is 15.9 Å². The molecule has 0 saturated carbocycles. The number of hydrogen-bond donors (Lipinski definition) is 1. The quantitative estimate of drug-likeness (QED) is 0.733. The highest BCUT2D eigenvalue weighted by molar-refractivity contribution is 9.10. The third-order valence-corrected chi connectivity index (χ3v) is 4.19. The summed E-state index contributed by atoms with van der Waals surface area (Å²) in [6, 6.07) is 4.72. The topological polar surface area (TPSA) is 47.7 Å². The first-order valence-electron chi connectivity index (χ1n) is 6.93. The summed E-state index contributed by atoms with van der Waals surface area (Å²) in [4.78, 5) is 2.19. The number of nitrogens with zero attached hydrogens (tertiary/aromatic N) is 1. The van der Waals surface area contributed by atoms with E-state index in [9.17, 15) is 4.39 Å². The molecule has 4 nitrogen and oxygen atoms in total. The van der Waals surface area contributed by atoms with Crippen molar-refractivity contribution in [2.45, 2.75) is 19.0 Å². The van der Waals surface area contributed by atoms with E-state index in [1.807, 2.05) is 0 Å². The predicted octanol–water partition coefficient (Wildman–Crippen LogP) is 2.57. The van der Waals surface area contributed by atoms with E-state index in [-0.39, 0.29) is 17.9 Å². The molecular weight excluding hydrogens is 339 g/mol. The molecule has 0 aromatic heterocycles. The van der Waals surface area contributed by atoms with Gasteiger partial charge in [0.2, 0.25) is 0 Å². The summed E-state index contributed by atoms with van der Waals surface area (Å²) in [5, 5.41) is 0. The lowest BCUT2D eigenvalue weighted by Gasteiger charge is -2.36. The third kappa shape index (κ3) is 5.30. The molecule has 0 bridgehead atoms. The first-order valence-corrected chi connectivity index (χ1v) is 7.73. The van der Waals surface area contributed by atoms with Crippen molar-refractivity contribution in [2.75, 3.05) is 40.5 Å². The van der Waals surface area contributed by atoms with Gasteiger partial charge in [-0.2, -0.15) is 0 Å². The van der Waals surface area contributed by atoms with Crippen LogP contribution in [0, 0.1) is 5.82 Å². The summed E-state index contributed by atoms with van der Waals surface area (Å²) in [6.45, 7) is 4.31. The van der Waals surface area contributed by atoms with Crippen molar-refractivity contribution in [3.63, 3.8) is 0 Å². The molecule has 0 aliphatic carbocycles. The molecule has 1 aromatic carbocycles. The average Bonchev–Trinajstić information content (AvgIpc) is 2.46. The Labute approximate surface area is 134 Å². The molecule has 0 aliphatic rings. The molecule has 0 radical (unpaired) electrons. The van der Waals surface area contributed by atoms with E-state index < -0.39 is 0 Å². The van der Waals surface area contributed by atoms with Gasteiger partial charge in [0.15, 0.2) is 0 Å². The zero-order valence-corrected chi connectivity index (χ0v) is 14.4. The number of methoxy groups -OCH3 is 2. The summed E-state index contributed by atoms with van der Waals surface area (Å²) in [5.41, 5.74) is 6.81. The Balaban J connectivity index is 3.07. The van der Waals surface area contributed by atoms with Crippen molar-refractivity contribution in [1.29, 1.82) is 0 Å². The van der Waals surface area contributed by atoms with Crippen LogP contribution < -0.4 is 5.73 Å². The Morgan fingerprint density at radius 1 is 1.33 bits per heavy atom. The van der Waals surface area contributed by atoms with Gasteiger partial charge < -0.3 is 15.2 Å². The zero-order chi connectivity index (χ0) is 15.8. The minimum atomic E-state index is -0.266. The third-order valence-electron chi connectivity index (χ3n) is 3.47. The molecule has 2 atom stereocenters. The second-order valence-corrected chi connectivity index (χ2v) is 5.81. The predicted molar refractivity (Wildman–Crippen MR) is 85.8 cm³/mol. The van der Waals surface area contributed by atoms with Crippen LogP contribution in [0.4, 0.5) is 4.39 Å². The monoisotopic (exact) mass is 362 g/mol. The lowest BCUT2D eigenvalue weighted by Crippen LogP contribution is -2.44. The van der Waals surface area contributed by atoms with E-state index >= 15 is 0 Å². The van der Waals surface area contributed by atoms with Gasteiger partial charge in [0.1, 0.15) is 5.82 Å². The standard InChI is InChI=1S/C15H24BrFN2O2/c1-11(10-21-3)19(6-7-20-2)15(9-18)13-8-12(17)4-5-14(13)16/h4-5,8,11,15H,6-7,9-10,18H2,1-3H3. The fourth-order valence-electron chi connectivity index (χ4n) is 2.43. The van der Waals surface area contributed by atoms with Gasteiger partial charge in [-0.05, 0) is 30.7 Å². The number of halogens is 2. The molecule has 2 unspecified atom stereocenters. The first kappa shape index (κ1) is 18.5. The lowest BCUT2D eigenvalue weighted by molar-refractivity contribution is 0.0484. The molecule has 0 fully saturated rings. The van der Waals surface area contributed by atoms with Gasteiger partial charge >= 0.3 is 0 Å². The maximum absolute atomic E-state index is 13.6. The molecular formula is C15H24BrFN2O2. The van der Waals surface area contributed by atoms with Crippen LogP contribution in [0.2, 0.25) is 0 Å². The Kier molecular flexibility index (Phi) is 8.36. The van der Waals surface area contributed by atoms with Crippen LogP contribution in [0.3, 0.4) is 0 Å². The Hall–Kier alpha value is -0.530. The van der Waals surface area contributed by atoms with Crippen LogP contribution >= 0.6 is 15.9 Å². The number of benzene rings is 1. The summed E-state index contributed by atoms with van der Waals surface area (Å²) in [6.07, 6.45) is 0. The minimum Gasteiger partial charge on any atom is -0.383 e. The largest absolute Gasteiger partial charge is 0.383 e. The highest BCUT2D eigenvalue weighted by Gasteiger charge is 2.25. The van der Waals surface area contributed by atoms with Crippen LogP contribution in [0.25, 0.3) is 0 Å². The summed E-state index contributed by atoms with van der Waals surface area (Å²) < 4.78 is 24.8. The smallest absolute Gasteiger partial charge is 0.123 e. The second-order valence-electron chi connectivity index (χ2n) is 4.95. The van der Waals surface area contributed by atoms with E-state index in [2.05, 4.69) is 27.8 Å². The van der Waals surface area contributed by atoms with Gasteiger partial charge in [0, 0.05) is 43.9 Å². The molecule has 0 heterocycles. The summed E-state index contributed by atoms with van der Waals surface area (Å²) in [5.74, 6) is -0.266. The molecule has 6 heteroatoms. The van der Waals surface area contributed by atoms with E-state index in [4.69, 9.17) is 15.2 Å². The van der Waals surface area contributed by atoms with Gasteiger partial charge in [0.05, 0.1) is 13.2 Å². The van der Waals surface area contributed by atoms with Crippen LogP contribution in [-0.4, -0.2) is 51.5 Å². The molecule has 0 amide bonds. The molecule has 21 heavy (non-hydrogen) atoms. The van der Waals surface area contributed by atoms with Gasteiger partial charge in [-0.3, -0.25) is 4.90 Å². The van der Waals surface area contributed by atoms with E-state index in [0.29, 0.717) is 26.3 Å². The normalized spacial score (nSPS) is 14.4. The maximum Gasteiger partial charge on any atom is 0.123 e.